The molecule has 1 aromatic rings. The van der Waals surface area contributed by atoms with Gasteiger partial charge in [0, 0.05) is 18.8 Å². The van der Waals surface area contributed by atoms with E-state index in [4.69, 9.17) is 10.4 Å². The highest BCUT2D eigenvalue weighted by molar-refractivity contribution is 5.32. The molecule has 0 aliphatic rings. The van der Waals surface area contributed by atoms with Gasteiger partial charge in [-0.1, -0.05) is 6.92 Å². The van der Waals surface area contributed by atoms with Crippen molar-refractivity contribution in [2.45, 2.75) is 13.8 Å². The summed E-state index contributed by atoms with van der Waals surface area (Å²) in [6.45, 7) is 4.42. The molecule has 5 heteroatoms. The van der Waals surface area contributed by atoms with Gasteiger partial charge in [-0.15, -0.1) is 0 Å². The van der Waals surface area contributed by atoms with Gasteiger partial charge in [0.1, 0.15) is 11.8 Å². The van der Waals surface area contributed by atoms with Crippen molar-refractivity contribution in [2.24, 2.45) is 5.92 Å². The van der Waals surface area contributed by atoms with E-state index in [2.05, 4.69) is 15.3 Å². The van der Waals surface area contributed by atoms with Crippen molar-refractivity contribution in [1.29, 1.82) is 5.26 Å². The predicted octanol–water partition coefficient (Wildman–Crippen LogP) is 0.697. The SMILES string of the molecule is Cc1cc(C#N)nc(NCC(C)CO)n1. The smallest absolute Gasteiger partial charge is 0.224 e. The van der Waals surface area contributed by atoms with Crippen LogP contribution in [0.1, 0.15) is 18.3 Å². The number of nitriles is 1. The maximum absolute atomic E-state index is 8.83. The molecule has 1 atom stereocenters. The Labute approximate surface area is 88.8 Å². The van der Waals surface area contributed by atoms with E-state index in [0.29, 0.717) is 18.2 Å². The second-order valence-corrected chi connectivity index (χ2v) is 3.50. The Balaban J connectivity index is 2.69. The van der Waals surface area contributed by atoms with E-state index < -0.39 is 0 Å². The quantitative estimate of drug-likeness (QED) is 0.757. The van der Waals surface area contributed by atoms with E-state index in [1.807, 2.05) is 19.9 Å². The van der Waals surface area contributed by atoms with Crippen molar-refractivity contribution in [3.8, 4) is 6.07 Å². The summed E-state index contributed by atoms with van der Waals surface area (Å²) in [6.07, 6.45) is 0. The van der Waals surface area contributed by atoms with Crippen LogP contribution in [0.2, 0.25) is 0 Å². The monoisotopic (exact) mass is 206 g/mol. The van der Waals surface area contributed by atoms with Crippen LogP contribution in [0, 0.1) is 24.2 Å². The standard InChI is InChI=1S/C10H14N4O/c1-7(6-15)5-12-10-13-8(2)3-9(4-11)14-10/h3,7,15H,5-6H2,1-2H3,(H,12,13,14). The average molecular weight is 206 g/mol. The van der Waals surface area contributed by atoms with Crippen molar-refractivity contribution in [2.75, 3.05) is 18.5 Å². The number of nitrogens with zero attached hydrogens (tertiary/aromatic N) is 3. The molecule has 1 rings (SSSR count). The summed E-state index contributed by atoms with van der Waals surface area (Å²) >= 11 is 0. The van der Waals surface area contributed by atoms with Gasteiger partial charge in [-0.3, -0.25) is 0 Å². The zero-order valence-corrected chi connectivity index (χ0v) is 8.86. The zero-order valence-electron chi connectivity index (χ0n) is 8.86. The molecule has 0 fully saturated rings. The van der Waals surface area contributed by atoms with Crippen molar-refractivity contribution < 1.29 is 5.11 Å². The molecular weight excluding hydrogens is 192 g/mol. The molecule has 5 nitrogen and oxygen atoms in total. The molecular formula is C10H14N4O. The number of aliphatic hydroxyl groups is 1. The minimum Gasteiger partial charge on any atom is -0.396 e. The van der Waals surface area contributed by atoms with Crippen LogP contribution in [-0.4, -0.2) is 28.2 Å². The highest BCUT2D eigenvalue weighted by atomic mass is 16.3. The van der Waals surface area contributed by atoms with Crippen molar-refractivity contribution in [3.63, 3.8) is 0 Å². The minimum absolute atomic E-state index is 0.115. The van der Waals surface area contributed by atoms with Crippen LogP contribution in [0.4, 0.5) is 5.95 Å². The van der Waals surface area contributed by atoms with Crippen LogP contribution in [0.5, 0.6) is 0 Å². The third kappa shape index (κ3) is 3.52. The lowest BCUT2D eigenvalue weighted by molar-refractivity contribution is 0.244. The normalized spacial score (nSPS) is 11.9. The molecule has 0 aliphatic carbocycles. The lowest BCUT2D eigenvalue weighted by Gasteiger charge is -2.09. The fraction of sp³-hybridized carbons (Fsp3) is 0.500. The molecule has 80 valence electrons. The van der Waals surface area contributed by atoms with Crippen LogP contribution in [0.3, 0.4) is 0 Å². The molecule has 1 aromatic heterocycles. The lowest BCUT2D eigenvalue weighted by Crippen LogP contribution is -2.16. The van der Waals surface area contributed by atoms with Crippen LogP contribution >= 0.6 is 0 Å². The first-order valence-electron chi connectivity index (χ1n) is 4.76. The third-order valence-corrected chi connectivity index (χ3v) is 1.89. The second-order valence-electron chi connectivity index (χ2n) is 3.50. The molecule has 1 heterocycles. The summed E-state index contributed by atoms with van der Waals surface area (Å²) in [6, 6.07) is 3.59. The molecule has 0 radical (unpaired) electrons. The summed E-state index contributed by atoms with van der Waals surface area (Å²) in [5.41, 5.74) is 1.10. The summed E-state index contributed by atoms with van der Waals surface area (Å²) in [5.74, 6) is 0.575. The second kappa shape index (κ2) is 5.27. The summed E-state index contributed by atoms with van der Waals surface area (Å²) in [5, 5.41) is 20.5. The maximum atomic E-state index is 8.83. The van der Waals surface area contributed by atoms with Gasteiger partial charge in [-0.2, -0.15) is 5.26 Å². The first kappa shape index (κ1) is 11.4. The Morgan fingerprint density at radius 1 is 1.60 bits per heavy atom. The van der Waals surface area contributed by atoms with E-state index in [9.17, 15) is 0 Å². The molecule has 0 aliphatic heterocycles. The van der Waals surface area contributed by atoms with E-state index >= 15 is 0 Å². The van der Waals surface area contributed by atoms with Gasteiger partial charge in [-0.25, -0.2) is 9.97 Å². The van der Waals surface area contributed by atoms with Crippen LogP contribution in [-0.2, 0) is 0 Å². The molecule has 1 unspecified atom stereocenters. The maximum Gasteiger partial charge on any atom is 0.224 e. The van der Waals surface area contributed by atoms with Gasteiger partial charge in [-0.05, 0) is 18.9 Å². The van der Waals surface area contributed by atoms with Gasteiger partial charge >= 0.3 is 0 Å². The number of nitrogens with one attached hydrogen (secondary N) is 1. The molecule has 0 bridgehead atoms. The minimum atomic E-state index is 0.115. The highest BCUT2D eigenvalue weighted by Gasteiger charge is 2.03. The number of aliphatic hydroxyl groups excluding tert-OH is 1. The van der Waals surface area contributed by atoms with Gasteiger partial charge in [0.15, 0.2) is 0 Å². The fourth-order valence-corrected chi connectivity index (χ4v) is 1.03. The zero-order chi connectivity index (χ0) is 11.3. The van der Waals surface area contributed by atoms with Crippen molar-refractivity contribution >= 4 is 5.95 Å². The molecule has 0 spiro atoms. The van der Waals surface area contributed by atoms with Crippen molar-refractivity contribution in [3.05, 3.63) is 17.5 Å². The van der Waals surface area contributed by atoms with Crippen molar-refractivity contribution in [1.82, 2.24) is 9.97 Å². The number of aromatic nitrogens is 2. The van der Waals surface area contributed by atoms with Crippen LogP contribution in [0.25, 0.3) is 0 Å². The molecule has 15 heavy (non-hydrogen) atoms. The summed E-state index contributed by atoms with van der Waals surface area (Å²) in [4.78, 5) is 8.13. The lowest BCUT2D eigenvalue weighted by atomic mass is 10.2. The summed E-state index contributed by atoms with van der Waals surface area (Å²) < 4.78 is 0. The highest BCUT2D eigenvalue weighted by Crippen LogP contribution is 2.04. The first-order chi connectivity index (χ1) is 7.15. The number of rotatable bonds is 4. The topological polar surface area (TPSA) is 81.8 Å². The molecule has 0 saturated carbocycles. The first-order valence-corrected chi connectivity index (χ1v) is 4.76. The van der Waals surface area contributed by atoms with Gasteiger partial charge < -0.3 is 10.4 Å². The number of anilines is 1. The van der Waals surface area contributed by atoms with E-state index in [1.165, 1.54) is 0 Å². The fourth-order valence-electron chi connectivity index (χ4n) is 1.03. The van der Waals surface area contributed by atoms with Gasteiger partial charge in [0.2, 0.25) is 5.95 Å². The Morgan fingerprint density at radius 3 is 2.93 bits per heavy atom. The molecule has 0 amide bonds. The number of hydrogen-bond donors (Lipinski definition) is 2. The van der Waals surface area contributed by atoms with E-state index in [0.717, 1.165) is 5.69 Å². The van der Waals surface area contributed by atoms with Crippen LogP contribution < -0.4 is 5.32 Å². The number of hydrogen-bond acceptors (Lipinski definition) is 5. The Hall–Kier alpha value is -1.67. The van der Waals surface area contributed by atoms with Gasteiger partial charge in [0.05, 0.1) is 0 Å². The summed E-state index contributed by atoms with van der Waals surface area (Å²) in [7, 11) is 0. The molecule has 2 N–H and O–H groups in total. The van der Waals surface area contributed by atoms with E-state index in [1.54, 1.807) is 6.07 Å². The predicted molar refractivity (Wildman–Crippen MR) is 56.2 cm³/mol. The largest absolute Gasteiger partial charge is 0.396 e. The molecule has 0 aromatic carbocycles. The van der Waals surface area contributed by atoms with E-state index in [-0.39, 0.29) is 12.5 Å². The number of aryl methyl sites for hydroxylation is 1. The van der Waals surface area contributed by atoms with Crippen LogP contribution in [0.15, 0.2) is 6.07 Å². The third-order valence-electron chi connectivity index (χ3n) is 1.89. The Bertz CT molecular complexity index is 372. The molecule has 0 saturated heterocycles. The average Bonchev–Trinajstić information content (AvgIpc) is 2.25. The Kier molecular flexibility index (Phi) is 4.01. The Morgan fingerprint density at radius 2 is 2.33 bits per heavy atom. The van der Waals surface area contributed by atoms with Gasteiger partial charge in [0.25, 0.3) is 0 Å².